The van der Waals surface area contributed by atoms with Crippen molar-refractivity contribution < 1.29 is 19.1 Å². The van der Waals surface area contributed by atoms with E-state index in [0.717, 1.165) is 16.7 Å². The molecular weight excluding hydrogens is 386 g/mol. The summed E-state index contributed by atoms with van der Waals surface area (Å²) in [6.45, 7) is 6.04. The van der Waals surface area contributed by atoms with E-state index in [1.165, 1.54) is 4.90 Å². The van der Waals surface area contributed by atoms with Crippen LogP contribution in [0.4, 0.5) is 0 Å². The van der Waals surface area contributed by atoms with Gasteiger partial charge in [0.25, 0.3) is 5.91 Å². The second-order valence-electron chi connectivity index (χ2n) is 7.24. The van der Waals surface area contributed by atoms with Crippen LogP contribution in [0.5, 0.6) is 5.75 Å². The number of hydrogen-bond donors (Lipinski definition) is 0. The lowest BCUT2D eigenvalue weighted by atomic mass is 10.0. The standard InChI is InChI=1S/C23H29NO4S/c1-16(2)20-11-6-17(3)12-21(20)27-15-23(26)28-14-22(25)24(4)13-18-7-9-19(29-5)10-8-18/h6-12,16H,13-15H2,1-5H3. The number of thioether (sulfide) groups is 1. The maximum atomic E-state index is 12.2. The van der Waals surface area contributed by atoms with Gasteiger partial charge in [0.15, 0.2) is 13.2 Å². The van der Waals surface area contributed by atoms with Crippen LogP contribution >= 0.6 is 11.8 Å². The molecule has 29 heavy (non-hydrogen) atoms. The van der Waals surface area contributed by atoms with Gasteiger partial charge in [-0.3, -0.25) is 4.79 Å². The summed E-state index contributed by atoms with van der Waals surface area (Å²) in [5.41, 5.74) is 3.11. The van der Waals surface area contributed by atoms with E-state index in [1.807, 2.05) is 55.6 Å². The summed E-state index contributed by atoms with van der Waals surface area (Å²) in [5, 5.41) is 0. The number of ether oxygens (including phenoxy) is 2. The van der Waals surface area contributed by atoms with Gasteiger partial charge in [-0.05, 0) is 54.0 Å². The van der Waals surface area contributed by atoms with Gasteiger partial charge in [0, 0.05) is 18.5 Å². The number of aryl methyl sites for hydroxylation is 1. The zero-order valence-corrected chi connectivity index (χ0v) is 18.5. The highest BCUT2D eigenvalue weighted by atomic mass is 32.2. The van der Waals surface area contributed by atoms with Gasteiger partial charge >= 0.3 is 5.97 Å². The molecule has 2 aromatic carbocycles. The number of benzene rings is 2. The Labute approximate surface area is 177 Å². The van der Waals surface area contributed by atoms with Crippen LogP contribution in [-0.2, 0) is 20.9 Å². The molecule has 0 fully saturated rings. The average Bonchev–Trinajstić information content (AvgIpc) is 2.70. The third kappa shape index (κ3) is 7.13. The molecule has 0 unspecified atom stereocenters. The predicted molar refractivity (Wildman–Crippen MR) is 116 cm³/mol. The third-order valence-electron chi connectivity index (χ3n) is 4.50. The largest absolute Gasteiger partial charge is 0.482 e. The molecule has 0 atom stereocenters. The maximum Gasteiger partial charge on any atom is 0.344 e. The zero-order chi connectivity index (χ0) is 21.4. The molecule has 0 saturated heterocycles. The molecule has 156 valence electrons. The Kier molecular flexibility index (Phi) is 8.58. The molecule has 0 saturated carbocycles. The van der Waals surface area contributed by atoms with Crippen LogP contribution in [0.15, 0.2) is 47.4 Å². The smallest absolute Gasteiger partial charge is 0.344 e. The Morgan fingerprint density at radius 2 is 1.76 bits per heavy atom. The van der Waals surface area contributed by atoms with E-state index in [4.69, 9.17) is 9.47 Å². The molecule has 1 amide bonds. The van der Waals surface area contributed by atoms with Crippen LogP contribution in [0.25, 0.3) is 0 Å². The van der Waals surface area contributed by atoms with Crippen molar-refractivity contribution in [2.75, 3.05) is 26.5 Å². The molecular formula is C23H29NO4S. The molecule has 6 heteroatoms. The van der Waals surface area contributed by atoms with Crippen molar-refractivity contribution in [2.45, 2.75) is 38.1 Å². The first-order valence-corrected chi connectivity index (χ1v) is 10.8. The molecule has 0 aliphatic heterocycles. The minimum Gasteiger partial charge on any atom is -0.482 e. The molecule has 5 nitrogen and oxygen atoms in total. The molecule has 2 rings (SSSR count). The minimum absolute atomic E-state index is 0.226. The summed E-state index contributed by atoms with van der Waals surface area (Å²) in [6.07, 6.45) is 2.02. The van der Waals surface area contributed by atoms with Crippen molar-refractivity contribution in [3.05, 3.63) is 59.2 Å². The first-order valence-electron chi connectivity index (χ1n) is 9.56. The first-order chi connectivity index (χ1) is 13.8. The van der Waals surface area contributed by atoms with Gasteiger partial charge in [0.05, 0.1) is 0 Å². The number of carbonyl (C=O) groups is 2. The van der Waals surface area contributed by atoms with E-state index in [-0.39, 0.29) is 25.0 Å². The quantitative estimate of drug-likeness (QED) is 0.448. The molecule has 0 heterocycles. The topological polar surface area (TPSA) is 55.8 Å². The van der Waals surface area contributed by atoms with Crippen molar-refractivity contribution in [1.29, 1.82) is 0 Å². The molecule has 0 bridgehead atoms. The Balaban J connectivity index is 1.81. The van der Waals surface area contributed by atoms with Gasteiger partial charge in [-0.15, -0.1) is 11.8 Å². The second-order valence-corrected chi connectivity index (χ2v) is 8.12. The van der Waals surface area contributed by atoms with Crippen LogP contribution in [0.2, 0.25) is 0 Å². The number of hydrogen-bond acceptors (Lipinski definition) is 5. The van der Waals surface area contributed by atoms with Crippen LogP contribution in [0.3, 0.4) is 0 Å². The van der Waals surface area contributed by atoms with Gasteiger partial charge in [-0.2, -0.15) is 0 Å². The van der Waals surface area contributed by atoms with E-state index in [0.29, 0.717) is 12.3 Å². The SMILES string of the molecule is CSc1ccc(CN(C)C(=O)COC(=O)COc2cc(C)ccc2C(C)C)cc1. The number of amides is 1. The fraction of sp³-hybridized carbons (Fsp3) is 0.391. The Hall–Kier alpha value is -2.47. The zero-order valence-electron chi connectivity index (χ0n) is 17.7. The number of esters is 1. The van der Waals surface area contributed by atoms with E-state index in [2.05, 4.69) is 13.8 Å². The number of likely N-dealkylation sites (N-methyl/N-ethyl adjacent to an activating group) is 1. The van der Waals surface area contributed by atoms with E-state index >= 15 is 0 Å². The van der Waals surface area contributed by atoms with Crippen LogP contribution in [0, 0.1) is 6.92 Å². The molecule has 0 radical (unpaired) electrons. The van der Waals surface area contributed by atoms with Crippen molar-refractivity contribution in [2.24, 2.45) is 0 Å². The highest BCUT2D eigenvalue weighted by Gasteiger charge is 2.14. The van der Waals surface area contributed by atoms with Crippen molar-refractivity contribution in [3.63, 3.8) is 0 Å². The predicted octanol–water partition coefficient (Wildman–Crippen LogP) is 4.42. The highest BCUT2D eigenvalue weighted by molar-refractivity contribution is 7.98. The van der Waals surface area contributed by atoms with Gasteiger partial charge in [-0.1, -0.05) is 38.1 Å². The van der Waals surface area contributed by atoms with Gasteiger partial charge in [0.2, 0.25) is 0 Å². The Morgan fingerprint density at radius 3 is 2.38 bits per heavy atom. The van der Waals surface area contributed by atoms with Gasteiger partial charge in [0.1, 0.15) is 5.75 Å². The Bertz CT molecular complexity index is 833. The van der Waals surface area contributed by atoms with Crippen LogP contribution < -0.4 is 4.74 Å². The molecule has 0 N–H and O–H groups in total. The van der Waals surface area contributed by atoms with E-state index < -0.39 is 5.97 Å². The fourth-order valence-corrected chi connectivity index (χ4v) is 3.18. The molecule has 0 spiro atoms. The van der Waals surface area contributed by atoms with Gasteiger partial charge < -0.3 is 14.4 Å². The second kappa shape index (κ2) is 10.9. The van der Waals surface area contributed by atoms with Crippen LogP contribution in [-0.4, -0.2) is 43.3 Å². The highest BCUT2D eigenvalue weighted by Crippen LogP contribution is 2.27. The first kappa shape index (κ1) is 22.8. The molecule has 0 aliphatic rings. The van der Waals surface area contributed by atoms with Gasteiger partial charge in [-0.25, -0.2) is 4.79 Å². The summed E-state index contributed by atoms with van der Waals surface area (Å²) in [6, 6.07) is 13.9. The molecule has 0 aliphatic carbocycles. The number of carbonyl (C=O) groups excluding carboxylic acids is 2. The van der Waals surface area contributed by atoms with Crippen LogP contribution in [0.1, 0.15) is 36.5 Å². The monoisotopic (exact) mass is 415 g/mol. The number of rotatable bonds is 9. The maximum absolute atomic E-state index is 12.2. The summed E-state index contributed by atoms with van der Waals surface area (Å²) >= 11 is 1.67. The fourth-order valence-electron chi connectivity index (χ4n) is 2.77. The lowest BCUT2D eigenvalue weighted by molar-refractivity contribution is -0.153. The Morgan fingerprint density at radius 1 is 1.07 bits per heavy atom. The summed E-state index contributed by atoms with van der Waals surface area (Å²) in [4.78, 5) is 27.0. The lowest BCUT2D eigenvalue weighted by Gasteiger charge is -2.18. The average molecular weight is 416 g/mol. The molecule has 2 aromatic rings. The summed E-state index contributed by atoms with van der Waals surface area (Å²) in [5.74, 6) is 0.133. The summed E-state index contributed by atoms with van der Waals surface area (Å²) < 4.78 is 10.7. The normalized spacial score (nSPS) is 10.7. The minimum atomic E-state index is -0.563. The lowest BCUT2D eigenvalue weighted by Crippen LogP contribution is -2.31. The van der Waals surface area contributed by atoms with Crippen molar-refractivity contribution >= 4 is 23.6 Å². The third-order valence-corrected chi connectivity index (χ3v) is 5.24. The van der Waals surface area contributed by atoms with E-state index in [9.17, 15) is 9.59 Å². The number of nitrogens with zero attached hydrogens (tertiary/aromatic N) is 1. The molecule has 0 aromatic heterocycles. The van der Waals surface area contributed by atoms with E-state index in [1.54, 1.807) is 23.7 Å². The van der Waals surface area contributed by atoms with Crippen molar-refractivity contribution in [3.8, 4) is 5.75 Å². The summed E-state index contributed by atoms with van der Waals surface area (Å²) in [7, 11) is 1.69. The van der Waals surface area contributed by atoms with Crippen molar-refractivity contribution in [1.82, 2.24) is 4.90 Å².